The van der Waals surface area contributed by atoms with E-state index < -0.39 is 0 Å². The van der Waals surface area contributed by atoms with Crippen molar-refractivity contribution < 1.29 is 19.7 Å². The zero-order chi connectivity index (χ0) is 3.41. The van der Waals surface area contributed by atoms with Crippen molar-refractivity contribution in [3.63, 3.8) is 0 Å². The van der Waals surface area contributed by atoms with E-state index in [1.54, 1.807) is 5.41 Å². The van der Waals surface area contributed by atoms with E-state index in [0.717, 1.165) is 0 Å². The van der Waals surface area contributed by atoms with Crippen molar-refractivity contribution in [1.82, 2.24) is 0 Å². The molecule has 0 radical (unpaired) electrons. The van der Waals surface area contributed by atoms with Gasteiger partial charge in [0.25, 0.3) is 0 Å². The van der Waals surface area contributed by atoms with E-state index in [-0.39, 0.29) is 0 Å². The molecule has 0 aromatic heterocycles. The van der Waals surface area contributed by atoms with Crippen molar-refractivity contribution in [3.8, 4) is 0 Å². The van der Waals surface area contributed by atoms with E-state index in [0.29, 0.717) is 0 Å². The molecule has 0 N–H and O–H groups in total. The number of hydrogen-bond acceptors (Lipinski definition) is 1. The Balaban J connectivity index is 2.30. The fourth-order valence-corrected chi connectivity index (χ4v) is 0. The Morgan fingerprint density at radius 2 is 2.25 bits per heavy atom. The van der Waals surface area contributed by atoms with Gasteiger partial charge >= 0.3 is 41.0 Å². The maximum absolute atomic E-state index is 3.39. The van der Waals surface area contributed by atoms with Gasteiger partial charge in [0, 0.05) is 0 Å². The third kappa shape index (κ3) is 2.83. The molecule has 4 heavy (non-hydrogen) atoms. The van der Waals surface area contributed by atoms with Crippen LogP contribution in [0.5, 0.6) is 0 Å². The molecular formula is C2H3AgS. The molecule has 0 nitrogen and oxygen atoms in total. The predicted molar refractivity (Wildman–Crippen MR) is 17.8 cm³/mol. The molecule has 0 saturated heterocycles. The van der Waals surface area contributed by atoms with Crippen LogP contribution in [-0.2, 0) is 19.7 Å². The van der Waals surface area contributed by atoms with Crippen LogP contribution in [0.2, 0.25) is 0 Å². The molecule has 0 unspecified atom stereocenters. The summed E-state index contributed by atoms with van der Waals surface area (Å²) in [6.07, 6.45) is 0. The molecule has 0 spiro atoms. The van der Waals surface area contributed by atoms with Gasteiger partial charge in [0.2, 0.25) is 0 Å². The van der Waals surface area contributed by atoms with Crippen molar-refractivity contribution in [2.75, 3.05) is 0 Å². The monoisotopic (exact) mass is 166 g/mol. The van der Waals surface area contributed by atoms with E-state index in [2.05, 4.69) is 26.3 Å². The number of hydrogen-bond donors (Lipinski definition) is 0. The number of rotatable bonds is 1. The van der Waals surface area contributed by atoms with E-state index >= 15 is 0 Å². The van der Waals surface area contributed by atoms with Gasteiger partial charge in [-0.1, -0.05) is 0 Å². The molecule has 0 atom stereocenters. The van der Waals surface area contributed by atoms with Gasteiger partial charge in [-0.25, -0.2) is 0 Å². The summed E-state index contributed by atoms with van der Waals surface area (Å²) < 4.78 is 0. The Morgan fingerprint density at radius 3 is 2.25 bits per heavy atom. The maximum atomic E-state index is 3.39. The van der Waals surface area contributed by atoms with E-state index in [9.17, 15) is 0 Å². The molecular weight excluding hydrogens is 164 g/mol. The SMILES string of the molecule is C=C[S][Ag]. The van der Waals surface area contributed by atoms with E-state index in [4.69, 9.17) is 0 Å². The molecule has 0 amide bonds. The third-order valence-corrected chi connectivity index (χ3v) is 0.892. The van der Waals surface area contributed by atoms with Gasteiger partial charge in [-0.3, -0.25) is 0 Å². The van der Waals surface area contributed by atoms with Crippen molar-refractivity contribution in [2.45, 2.75) is 0 Å². The summed E-state index contributed by atoms with van der Waals surface area (Å²) in [7, 11) is 1.43. The zero-order valence-corrected chi connectivity index (χ0v) is 4.29. The van der Waals surface area contributed by atoms with Crippen LogP contribution in [-0.4, -0.2) is 0 Å². The Morgan fingerprint density at radius 1 is 2.00 bits per heavy atom. The Bertz CT molecular complexity index is 20.0. The molecule has 0 aliphatic rings. The first-order valence-corrected chi connectivity index (χ1v) is 3.30. The van der Waals surface area contributed by atoms with Crippen molar-refractivity contribution in [3.05, 3.63) is 12.0 Å². The predicted octanol–water partition coefficient (Wildman–Crippen LogP) is 1.32. The topological polar surface area (TPSA) is 0 Å². The van der Waals surface area contributed by atoms with E-state index in [1.807, 2.05) is 0 Å². The van der Waals surface area contributed by atoms with Crippen LogP contribution in [0.25, 0.3) is 0 Å². The van der Waals surface area contributed by atoms with E-state index in [1.165, 1.54) is 9.23 Å². The quantitative estimate of drug-likeness (QED) is 0.530. The summed E-state index contributed by atoms with van der Waals surface area (Å²) >= 11 is 3.06. The average molecular weight is 167 g/mol. The molecule has 0 fully saturated rings. The van der Waals surface area contributed by atoms with Gasteiger partial charge in [-0.2, -0.15) is 0 Å². The summed E-state index contributed by atoms with van der Waals surface area (Å²) in [6.45, 7) is 3.39. The second kappa shape index (κ2) is 3.83. The molecule has 0 aliphatic heterocycles. The minimum atomic E-state index is 1.43. The first kappa shape index (κ1) is 4.83. The van der Waals surface area contributed by atoms with Crippen LogP contribution < -0.4 is 0 Å². The molecule has 0 bridgehead atoms. The minimum absolute atomic E-state index is 1.43. The fourth-order valence-electron chi connectivity index (χ4n) is 0. The average Bonchev–Trinajstić information content (AvgIpc) is 1.37. The normalized spacial score (nSPS) is 6.50. The fraction of sp³-hybridized carbons (Fsp3) is 0. The standard InChI is InChI=1S/C2H4S.Ag/c1-2-3;/h2-3H,1H2;/q;+1/p-1. The third-order valence-electron chi connectivity index (χ3n) is 0.0503. The second-order valence-electron chi connectivity index (χ2n) is 0.238. The summed E-state index contributed by atoms with van der Waals surface area (Å²) in [5.74, 6) is 0. The first-order valence-electron chi connectivity index (χ1n) is 0.767. The molecule has 0 rings (SSSR count). The Hall–Kier alpha value is 0.830. The summed E-state index contributed by atoms with van der Waals surface area (Å²) in [5.41, 5.74) is 0. The van der Waals surface area contributed by atoms with Gasteiger partial charge in [0.05, 0.1) is 0 Å². The van der Waals surface area contributed by atoms with Crippen molar-refractivity contribution in [1.29, 1.82) is 0 Å². The van der Waals surface area contributed by atoms with Crippen LogP contribution in [0.3, 0.4) is 0 Å². The van der Waals surface area contributed by atoms with Gasteiger partial charge in [0.1, 0.15) is 0 Å². The zero-order valence-electron chi connectivity index (χ0n) is 1.99. The first-order chi connectivity index (χ1) is 1.91. The molecule has 28 valence electrons. The molecule has 0 saturated carbocycles. The van der Waals surface area contributed by atoms with Crippen molar-refractivity contribution in [2.24, 2.45) is 0 Å². The Labute approximate surface area is 41.2 Å². The molecule has 0 aliphatic carbocycles. The Kier molecular flexibility index (Phi) is 4.63. The second-order valence-corrected chi connectivity index (χ2v) is 1.76. The van der Waals surface area contributed by atoms with Gasteiger partial charge < -0.3 is 0 Å². The summed E-state index contributed by atoms with van der Waals surface area (Å²) in [5, 5.41) is 1.71. The van der Waals surface area contributed by atoms with Crippen LogP contribution in [0.4, 0.5) is 0 Å². The van der Waals surface area contributed by atoms with Crippen molar-refractivity contribution >= 4 is 9.23 Å². The molecule has 0 aromatic rings. The van der Waals surface area contributed by atoms with Gasteiger partial charge in [-0.05, 0) is 0 Å². The van der Waals surface area contributed by atoms with Gasteiger partial charge in [-0.15, -0.1) is 0 Å². The van der Waals surface area contributed by atoms with Crippen LogP contribution >= 0.6 is 9.23 Å². The van der Waals surface area contributed by atoms with Crippen LogP contribution in [0.15, 0.2) is 12.0 Å². The molecule has 0 heterocycles. The van der Waals surface area contributed by atoms with Crippen LogP contribution in [0, 0.1) is 0 Å². The molecule has 0 aromatic carbocycles. The molecule has 2 heteroatoms. The summed E-state index contributed by atoms with van der Waals surface area (Å²) in [4.78, 5) is 0. The van der Waals surface area contributed by atoms with Gasteiger partial charge in [0.15, 0.2) is 0 Å². The van der Waals surface area contributed by atoms with Crippen LogP contribution in [0.1, 0.15) is 0 Å². The summed E-state index contributed by atoms with van der Waals surface area (Å²) in [6, 6.07) is 0.